The lowest BCUT2D eigenvalue weighted by Crippen LogP contribution is -1.88. The summed E-state index contributed by atoms with van der Waals surface area (Å²) in [6.45, 7) is 0. The molecule has 1 aromatic heterocycles. The third kappa shape index (κ3) is 3.06. The minimum Gasteiger partial charge on any atom is -0.248 e. The number of benzene rings is 2. The average Bonchev–Trinajstić information content (AvgIpc) is 2.53. The van der Waals surface area contributed by atoms with Gasteiger partial charge in [0.2, 0.25) is 0 Å². The highest BCUT2D eigenvalue weighted by molar-refractivity contribution is 6.48. The zero-order valence-corrected chi connectivity index (χ0v) is 13.1. The van der Waals surface area contributed by atoms with Gasteiger partial charge in [0.05, 0.1) is 26.5 Å². The van der Waals surface area contributed by atoms with E-state index < -0.39 is 0 Å². The molecule has 0 amide bonds. The Morgan fingerprint density at radius 3 is 1.81 bits per heavy atom. The first-order valence-electron chi connectivity index (χ1n) is 6.32. The molecule has 0 aliphatic rings. The summed E-state index contributed by atoms with van der Waals surface area (Å²) in [7, 11) is 0. The maximum absolute atomic E-state index is 6.08. The molecule has 0 aliphatic heterocycles. The number of hydrogen-bond donors (Lipinski definition) is 0. The summed E-state index contributed by atoms with van der Waals surface area (Å²) in [5.41, 5.74) is 3.60. The molecule has 0 fully saturated rings. The van der Waals surface area contributed by atoms with E-state index in [0.29, 0.717) is 15.1 Å². The van der Waals surface area contributed by atoms with Crippen LogP contribution in [0.5, 0.6) is 0 Å². The second-order valence-electron chi connectivity index (χ2n) is 4.53. The molecule has 0 saturated carbocycles. The summed E-state index contributed by atoms with van der Waals surface area (Å²) in [5.74, 6) is 0. The Labute approximate surface area is 138 Å². The predicted molar refractivity (Wildman–Crippen MR) is 90.1 cm³/mol. The molecule has 3 aromatic rings. The molecule has 21 heavy (non-hydrogen) atoms. The van der Waals surface area contributed by atoms with Crippen molar-refractivity contribution in [1.82, 2.24) is 4.98 Å². The van der Waals surface area contributed by atoms with E-state index in [2.05, 4.69) is 4.98 Å². The van der Waals surface area contributed by atoms with Gasteiger partial charge < -0.3 is 0 Å². The maximum atomic E-state index is 6.08. The monoisotopic (exact) mass is 333 g/mol. The number of halogens is 3. The summed E-state index contributed by atoms with van der Waals surface area (Å²) >= 11 is 18.1. The van der Waals surface area contributed by atoms with Crippen molar-refractivity contribution in [3.63, 3.8) is 0 Å². The number of pyridine rings is 1. The Balaban J connectivity index is 2.08. The molecule has 0 radical (unpaired) electrons. The summed E-state index contributed by atoms with van der Waals surface area (Å²) in [5, 5.41) is 1.21. The average molecular weight is 335 g/mol. The van der Waals surface area contributed by atoms with Gasteiger partial charge in [-0.1, -0.05) is 71.2 Å². The molecule has 1 nitrogen and oxygen atoms in total. The molecule has 0 spiro atoms. The van der Waals surface area contributed by atoms with Crippen LogP contribution in [0.4, 0.5) is 0 Å². The van der Waals surface area contributed by atoms with Crippen LogP contribution in [-0.4, -0.2) is 4.98 Å². The zero-order valence-electron chi connectivity index (χ0n) is 10.9. The molecule has 0 bridgehead atoms. The molecule has 104 valence electrons. The molecule has 3 rings (SSSR count). The van der Waals surface area contributed by atoms with E-state index in [1.54, 1.807) is 12.1 Å². The van der Waals surface area contributed by atoms with Crippen LogP contribution in [-0.2, 0) is 0 Å². The minimum atomic E-state index is 0.362. The fourth-order valence-corrected chi connectivity index (χ4v) is 2.66. The lowest BCUT2D eigenvalue weighted by atomic mass is 10.1. The Kier molecular flexibility index (Phi) is 4.16. The molecule has 0 N–H and O–H groups in total. The molecule has 2 aromatic carbocycles. The van der Waals surface area contributed by atoms with Gasteiger partial charge in [0, 0.05) is 11.1 Å². The standard InChI is InChI=1S/C17H10Cl3N/c18-13-9-12(10-14(19)17(13)20)16-8-4-7-15(21-16)11-5-2-1-3-6-11/h1-10H. The minimum absolute atomic E-state index is 0.362. The van der Waals surface area contributed by atoms with Gasteiger partial charge in [0.15, 0.2) is 0 Å². The third-order valence-corrected chi connectivity index (χ3v) is 4.30. The zero-order chi connectivity index (χ0) is 14.8. The van der Waals surface area contributed by atoms with Crippen molar-refractivity contribution in [3.05, 3.63) is 75.7 Å². The van der Waals surface area contributed by atoms with Crippen LogP contribution in [0.3, 0.4) is 0 Å². The third-order valence-electron chi connectivity index (χ3n) is 3.10. The van der Waals surface area contributed by atoms with E-state index >= 15 is 0 Å². The van der Waals surface area contributed by atoms with Crippen LogP contribution >= 0.6 is 34.8 Å². The summed E-state index contributed by atoms with van der Waals surface area (Å²) in [4.78, 5) is 4.66. The van der Waals surface area contributed by atoms with Crippen molar-refractivity contribution in [2.75, 3.05) is 0 Å². The van der Waals surface area contributed by atoms with E-state index in [1.807, 2.05) is 48.5 Å². The van der Waals surface area contributed by atoms with Gasteiger partial charge in [-0.15, -0.1) is 0 Å². The van der Waals surface area contributed by atoms with Crippen molar-refractivity contribution in [2.45, 2.75) is 0 Å². The summed E-state index contributed by atoms with van der Waals surface area (Å²) < 4.78 is 0. The fraction of sp³-hybridized carbons (Fsp3) is 0. The normalized spacial score (nSPS) is 10.6. The van der Waals surface area contributed by atoms with Gasteiger partial charge in [-0.2, -0.15) is 0 Å². The first kappa shape index (κ1) is 14.4. The number of hydrogen-bond acceptors (Lipinski definition) is 1. The van der Waals surface area contributed by atoms with E-state index in [-0.39, 0.29) is 0 Å². The lowest BCUT2D eigenvalue weighted by Gasteiger charge is -2.07. The van der Waals surface area contributed by atoms with Crippen LogP contribution in [0.2, 0.25) is 15.1 Å². The van der Waals surface area contributed by atoms with Crippen molar-refractivity contribution in [1.29, 1.82) is 0 Å². The number of nitrogens with zero attached hydrogens (tertiary/aromatic N) is 1. The quantitative estimate of drug-likeness (QED) is 0.496. The molecule has 1 heterocycles. The van der Waals surface area contributed by atoms with Crippen molar-refractivity contribution in [2.24, 2.45) is 0 Å². The highest BCUT2D eigenvalue weighted by Crippen LogP contribution is 2.35. The highest BCUT2D eigenvalue weighted by atomic mass is 35.5. The van der Waals surface area contributed by atoms with E-state index in [0.717, 1.165) is 22.5 Å². The Bertz CT molecular complexity index is 762. The van der Waals surface area contributed by atoms with E-state index in [9.17, 15) is 0 Å². The molecule has 4 heteroatoms. The van der Waals surface area contributed by atoms with Gasteiger partial charge in [-0.3, -0.25) is 0 Å². The van der Waals surface area contributed by atoms with Crippen molar-refractivity contribution in [3.8, 4) is 22.5 Å². The van der Waals surface area contributed by atoms with Gasteiger partial charge in [0.25, 0.3) is 0 Å². The van der Waals surface area contributed by atoms with Crippen LogP contribution in [0, 0.1) is 0 Å². The van der Waals surface area contributed by atoms with Gasteiger partial charge in [-0.25, -0.2) is 4.98 Å². The molecule has 0 saturated heterocycles. The molecule has 0 aliphatic carbocycles. The Morgan fingerprint density at radius 1 is 0.619 bits per heavy atom. The Morgan fingerprint density at radius 2 is 1.19 bits per heavy atom. The van der Waals surface area contributed by atoms with E-state index in [1.165, 1.54) is 0 Å². The number of aromatic nitrogens is 1. The van der Waals surface area contributed by atoms with Crippen LogP contribution in [0.15, 0.2) is 60.7 Å². The maximum Gasteiger partial charge on any atom is 0.0778 e. The Hall–Kier alpha value is -1.54. The first-order chi connectivity index (χ1) is 10.1. The molecular formula is C17H10Cl3N. The topological polar surface area (TPSA) is 12.9 Å². The summed E-state index contributed by atoms with van der Waals surface area (Å²) in [6, 6.07) is 19.4. The lowest BCUT2D eigenvalue weighted by molar-refractivity contribution is 1.32. The highest BCUT2D eigenvalue weighted by Gasteiger charge is 2.09. The van der Waals surface area contributed by atoms with Crippen molar-refractivity contribution < 1.29 is 0 Å². The summed E-state index contributed by atoms with van der Waals surface area (Å²) in [6.07, 6.45) is 0. The van der Waals surface area contributed by atoms with Crippen molar-refractivity contribution >= 4 is 34.8 Å². The SMILES string of the molecule is Clc1cc(-c2cccc(-c3ccccc3)n2)cc(Cl)c1Cl. The second-order valence-corrected chi connectivity index (χ2v) is 5.72. The fourth-order valence-electron chi connectivity index (χ4n) is 2.07. The van der Waals surface area contributed by atoms with Gasteiger partial charge >= 0.3 is 0 Å². The first-order valence-corrected chi connectivity index (χ1v) is 7.46. The smallest absolute Gasteiger partial charge is 0.0778 e. The largest absolute Gasteiger partial charge is 0.248 e. The van der Waals surface area contributed by atoms with E-state index in [4.69, 9.17) is 34.8 Å². The van der Waals surface area contributed by atoms with Crippen LogP contribution in [0.1, 0.15) is 0 Å². The molecule has 0 unspecified atom stereocenters. The molecular weight excluding hydrogens is 325 g/mol. The van der Waals surface area contributed by atoms with Crippen LogP contribution in [0.25, 0.3) is 22.5 Å². The predicted octanol–water partition coefficient (Wildman–Crippen LogP) is 6.38. The molecule has 0 atom stereocenters. The van der Waals surface area contributed by atoms with Crippen LogP contribution < -0.4 is 0 Å². The second kappa shape index (κ2) is 6.07. The number of rotatable bonds is 2. The van der Waals surface area contributed by atoms with Gasteiger partial charge in [0.1, 0.15) is 0 Å². The van der Waals surface area contributed by atoms with Gasteiger partial charge in [-0.05, 0) is 24.3 Å².